The number of carbonyl (C=O) groups is 1. The number of H-pyrrole nitrogens is 1. The van der Waals surface area contributed by atoms with Gasteiger partial charge in [0.05, 0.1) is 37.9 Å². The Morgan fingerprint density at radius 1 is 1.19 bits per heavy atom. The van der Waals surface area contributed by atoms with Crippen molar-refractivity contribution in [1.82, 2.24) is 9.55 Å². The van der Waals surface area contributed by atoms with Crippen molar-refractivity contribution in [3.8, 4) is 0 Å². The summed E-state index contributed by atoms with van der Waals surface area (Å²) in [5.41, 5.74) is -1.92. The number of halogens is 1. The molecule has 0 bridgehead atoms. The van der Waals surface area contributed by atoms with Crippen LogP contribution >= 0.6 is 0 Å². The maximum absolute atomic E-state index is 13.4. The van der Waals surface area contributed by atoms with E-state index < -0.39 is 59.2 Å². The SMILES string of the molecule is CC1(C)OCC([C@H]2O[C@@H]3OC(C)(C)OC3C2COC(=O)CCn2cc(F)c(=O)[nH]c2=O)O1. The molecular weight excluding hydrogens is 431 g/mol. The van der Waals surface area contributed by atoms with Crippen LogP contribution in [0.5, 0.6) is 0 Å². The Kier molecular flexibility index (Phi) is 6.01. The van der Waals surface area contributed by atoms with Crippen LogP contribution in [0, 0.1) is 11.7 Å². The first-order chi connectivity index (χ1) is 14.9. The highest BCUT2D eigenvalue weighted by atomic mass is 19.1. The van der Waals surface area contributed by atoms with Gasteiger partial charge in [-0.15, -0.1) is 0 Å². The highest BCUT2D eigenvalue weighted by Crippen LogP contribution is 2.43. The first-order valence-electron chi connectivity index (χ1n) is 10.4. The molecule has 3 aliphatic heterocycles. The lowest BCUT2D eigenvalue weighted by Gasteiger charge is -2.28. The average molecular weight is 458 g/mol. The van der Waals surface area contributed by atoms with Gasteiger partial charge in [0.2, 0.25) is 5.82 Å². The summed E-state index contributed by atoms with van der Waals surface area (Å²) in [4.78, 5) is 37.0. The van der Waals surface area contributed by atoms with Gasteiger partial charge in [-0.1, -0.05) is 0 Å². The zero-order valence-electron chi connectivity index (χ0n) is 18.3. The zero-order valence-corrected chi connectivity index (χ0v) is 18.3. The van der Waals surface area contributed by atoms with Crippen LogP contribution in [-0.4, -0.2) is 64.9 Å². The minimum atomic E-state index is -1.11. The maximum atomic E-state index is 13.4. The number of fused-ring (bicyclic) bond motifs is 1. The molecule has 0 aromatic carbocycles. The Morgan fingerprint density at radius 2 is 1.94 bits per heavy atom. The Morgan fingerprint density at radius 3 is 2.62 bits per heavy atom. The highest BCUT2D eigenvalue weighted by molar-refractivity contribution is 5.69. The van der Waals surface area contributed by atoms with E-state index in [1.807, 2.05) is 4.98 Å². The van der Waals surface area contributed by atoms with Gasteiger partial charge in [-0.05, 0) is 27.7 Å². The van der Waals surface area contributed by atoms with E-state index in [0.29, 0.717) is 6.61 Å². The normalized spacial score (nSPS) is 32.7. The molecule has 1 aromatic heterocycles. The van der Waals surface area contributed by atoms with Gasteiger partial charge in [0.25, 0.3) is 5.56 Å². The van der Waals surface area contributed by atoms with Crippen molar-refractivity contribution in [3.63, 3.8) is 0 Å². The largest absolute Gasteiger partial charge is 0.465 e. The van der Waals surface area contributed by atoms with Crippen molar-refractivity contribution in [2.45, 2.75) is 76.8 Å². The number of aryl methyl sites for hydroxylation is 1. The Labute approximate surface area is 182 Å². The van der Waals surface area contributed by atoms with Crippen LogP contribution in [0.15, 0.2) is 15.8 Å². The summed E-state index contributed by atoms with van der Waals surface area (Å²) in [6.45, 7) is 7.27. The molecule has 1 aromatic rings. The molecule has 4 rings (SSSR count). The number of carbonyl (C=O) groups excluding carboxylic acids is 1. The van der Waals surface area contributed by atoms with Crippen LogP contribution in [0.1, 0.15) is 34.1 Å². The molecule has 178 valence electrons. The molecule has 32 heavy (non-hydrogen) atoms. The molecule has 0 radical (unpaired) electrons. The lowest BCUT2D eigenvalue weighted by Crippen LogP contribution is -2.41. The van der Waals surface area contributed by atoms with E-state index in [2.05, 4.69) is 0 Å². The first kappa shape index (κ1) is 23.1. The maximum Gasteiger partial charge on any atom is 0.328 e. The van der Waals surface area contributed by atoms with Crippen LogP contribution < -0.4 is 11.2 Å². The first-order valence-corrected chi connectivity index (χ1v) is 10.4. The standard InChI is InChI=1S/C20H27FN2O9/c1-19(2)28-9-12(30-19)14-10(15-17(29-14)32-20(3,4)31-15)8-27-13(24)5-6-23-7-11(21)16(25)22-18(23)26/h7,10,12,14-15,17H,5-6,8-9H2,1-4H3,(H,22,25,26)/t10?,12?,14-,15?,17+/m0/s1. The Bertz CT molecular complexity index is 988. The number of nitrogens with zero attached hydrogens (tertiary/aromatic N) is 1. The zero-order chi connectivity index (χ0) is 23.3. The van der Waals surface area contributed by atoms with Crippen LogP contribution in [0.4, 0.5) is 4.39 Å². The van der Waals surface area contributed by atoms with E-state index in [4.69, 9.17) is 28.4 Å². The molecule has 3 aliphatic rings. The third kappa shape index (κ3) is 4.79. The summed E-state index contributed by atoms with van der Waals surface area (Å²) in [6, 6.07) is 0. The van der Waals surface area contributed by atoms with E-state index in [9.17, 15) is 18.8 Å². The topological polar surface area (TPSA) is 127 Å². The Balaban J connectivity index is 1.39. The second kappa shape index (κ2) is 8.34. The molecule has 0 saturated carbocycles. The van der Waals surface area contributed by atoms with Gasteiger partial charge in [0.1, 0.15) is 12.2 Å². The van der Waals surface area contributed by atoms with Crippen molar-refractivity contribution >= 4 is 5.97 Å². The third-order valence-electron chi connectivity index (χ3n) is 5.58. The van der Waals surface area contributed by atoms with Crippen molar-refractivity contribution in [3.05, 3.63) is 32.9 Å². The molecule has 3 fully saturated rings. The minimum Gasteiger partial charge on any atom is -0.465 e. The van der Waals surface area contributed by atoms with Crippen LogP contribution in [0.25, 0.3) is 0 Å². The van der Waals surface area contributed by atoms with E-state index in [-0.39, 0.29) is 25.5 Å². The second-order valence-electron chi connectivity index (χ2n) is 8.96. The second-order valence-corrected chi connectivity index (χ2v) is 8.96. The van der Waals surface area contributed by atoms with Gasteiger partial charge in [0, 0.05) is 6.54 Å². The molecule has 1 N–H and O–H groups in total. The predicted octanol–water partition coefficient (Wildman–Crippen LogP) is 0.253. The monoisotopic (exact) mass is 458 g/mol. The summed E-state index contributed by atoms with van der Waals surface area (Å²) in [7, 11) is 0. The summed E-state index contributed by atoms with van der Waals surface area (Å²) >= 11 is 0. The van der Waals surface area contributed by atoms with E-state index >= 15 is 0 Å². The van der Waals surface area contributed by atoms with Crippen molar-refractivity contribution in [2.24, 2.45) is 5.92 Å². The molecule has 5 atom stereocenters. The number of hydrogen-bond donors (Lipinski definition) is 1. The summed E-state index contributed by atoms with van der Waals surface area (Å²) in [6.07, 6.45) is -1.41. The smallest absolute Gasteiger partial charge is 0.328 e. The fraction of sp³-hybridized carbons (Fsp3) is 0.750. The highest BCUT2D eigenvalue weighted by Gasteiger charge is 2.58. The van der Waals surface area contributed by atoms with Crippen molar-refractivity contribution in [1.29, 1.82) is 0 Å². The predicted molar refractivity (Wildman–Crippen MR) is 104 cm³/mol. The van der Waals surface area contributed by atoms with Crippen LogP contribution in [0.2, 0.25) is 0 Å². The number of aromatic nitrogens is 2. The number of aromatic amines is 1. The quantitative estimate of drug-likeness (QED) is 0.597. The molecule has 4 heterocycles. The number of rotatable bonds is 6. The molecule has 3 saturated heterocycles. The lowest BCUT2D eigenvalue weighted by atomic mass is 9.95. The van der Waals surface area contributed by atoms with Gasteiger partial charge in [-0.2, -0.15) is 4.39 Å². The molecular formula is C20H27FN2O9. The van der Waals surface area contributed by atoms with Crippen molar-refractivity contribution in [2.75, 3.05) is 13.2 Å². The molecule has 11 nitrogen and oxygen atoms in total. The van der Waals surface area contributed by atoms with E-state index in [1.54, 1.807) is 27.7 Å². The van der Waals surface area contributed by atoms with Crippen molar-refractivity contribution < 1.29 is 37.6 Å². The number of hydrogen-bond acceptors (Lipinski definition) is 9. The summed E-state index contributed by atoms with van der Waals surface area (Å²) in [5.74, 6) is -3.69. The lowest BCUT2D eigenvalue weighted by molar-refractivity contribution is -0.229. The van der Waals surface area contributed by atoms with Gasteiger partial charge < -0.3 is 28.4 Å². The molecule has 0 amide bonds. The number of ether oxygens (including phenoxy) is 6. The van der Waals surface area contributed by atoms with E-state index in [0.717, 1.165) is 10.8 Å². The third-order valence-corrected chi connectivity index (χ3v) is 5.58. The fourth-order valence-electron chi connectivity index (χ4n) is 4.15. The van der Waals surface area contributed by atoms with Gasteiger partial charge in [-0.25, -0.2) is 4.79 Å². The molecule has 0 spiro atoms. The molecule has 0 aliphatic carbocycles. The molecule has 12 heteroatoms. The van der Waals surface area contributed by atoms with Gasteiger partial charge in [-0.3, -0.25) is 19.1 Å². The summed E-state index contributed by atoms with van der Waals surface area (Å²) < 4.78 is 49.1. The van der Waals surface area contributed by atoms with Gasteiger partial charge >= 0.3 is 11.7 Å². The summed E-state index contributed by atoms with van der Waals surface area (Å²) in [5, 5.41) is 0. The fourth-order valence-corrected chi connectivity index (χ4v) is 4.15. The molecule has 3 unspecified atom stereocenters. The Hall–Kier alpha value is -2.12. The van der Waals surface area contributed by atoms with Crippen LogP contribution in [-0.2, 0) is 39.8 Å². The number of nitrogens with one attached hydrogen (secondary N) is 1. The minimum absolute atomic E-state index is 0.0285. The van der Waals surface area contributed by atoms with E-state index in [1.165, 1.54) is 0 Å². The van der Waals surface area contributed by atoms with Gasteiger partial charge in [0.15, 0.2) is 17.9 Å². The average Bonchev–Trinajstić information content (AvgIpc) is 3.30. The number of esters is 1. The van der Waals surface area contributed by atoms with Crippen LogP contribution in [0.3, 0.4) is 0 Å².